The van der Waals surface area contributed by atoms with E-state index in [2.05, 4.69) is 13.8 Å². The van der Waals surface area contributed by atoms with Crippen LogP contribution in [0.2, 0.25) is 0 Å². The minimum Gasteiger partial charge on any atom is -0.366 e. The topological polar surface area (TPSA) is 49.9 Å². The number of benzene rings is 1. The number of ether oxygens (including phenoxy) is 1. The molecular weight excluding hydrogens is 254 g/mol. The van der Waals surface area contributed by atoms with Crippen LogP contribution in [0.1, 0.15) is 53.8 Å². The third-order valence-electron chi connectivity index (χ3n) is 4.60. The number of amides is 2. The number of nitrogens with zero attached hydrogens (tertiary/aromatic N) is 1. The Morgan fingerprint density at radius 2 is 1.65 bits per heavy atom. The molecule has 3 rings (SSSR count). The minimum atomic E-state index is -0.176. The lowest BCUT2D eigenvalue weighted by Crippen LogP contribution is -2.32. The van der Waals surface area contributed by atoms with Crippen molar-refractivity contribution < 1.29 is 14.3 Å². The smallest absolute Gasteiger partial charge is 0.261 e. The van der Waals surface area contributed by atoms with E-state index in [1.54, 1.807) is 24.3 Å². The van der Waals surface area contributed by atoms with Gasteiger partial charge in [-0.05, 0) is 31.4 Å². The van der Waals surface area contributed by atoms with Crippen LogP contribution < -0.4 is 0 Å². The molecule has 0 saturated carbocycles. The highest BCUT2D eigenvalue weighted by atomic mass is 16.6. The zero-order chi connectivity index (χ0) is 14.3. The lowest BCUT2D eigenvalue weighted by Gasteiger charge is -2.13. The second kappa shape index (κ2) is 4.70. The van der Waals surface area contributed by atoms with Gasteiger partial charge in [-0.15, -0.1) is 0 Å². The molecule has 2 heterocycles. The van der Waals surface area contributed by atoms with E-state index in [9.17, 15) is 9.59 Å². The number of epoxide rings is 1. The minimum absolute atomic E-state index is 0.0152. The second-order valence-corrected chi connectivity index (χ2v) is 5.47. The lowest BCUT2D eigenvalue weighted by molar-refractivity contribution is 0.0649. The van der Waals surface area contributed by atoms with Crippen molar-refractivity contribution in [3.05, 3.63) is 35.4 Å². The molecule has 4 nitrogen and oxygen atoms in total. The average Bonchev–Trinajstić information content (AvgIpc) is 3.15. The molecule has 2 aliphatic rings. The van der Waals surface area contributed by atoms with Gasteiger partial charge in [-0.3, -0.25) is 14.5 Å². The van der Waals surface area contributed by atoms with Crippen molar-refractivity contribution in [1.29, 1.82) is 0 Å². The molecule has 0 bridgehead atoms. The summed E-state index contributed by atoms with van der Waals surface area (Å²) >= 11 is 0. The highest BCUT2D eigenvalue weighted by Crippen LogP contribution is 2.44. The Morgan fingerprint density at radius 3 is 2.10 bits per heavy atom. The summed E-state index contributed by atoms with van der Waals surface area (Å²) in [6.45, 7) is 4.68. The molecule has 4 heteroatoms. The van der Waals surface area contributed by atoms with Crippen molar-refractivity contribution in [3.63, 3.8) is 0 Å². The van der Waals surface area contributed by atoms with Crippen LogP contribution in [-0.2, 0) is 4.74 Å². The van der Waals surface area contributed by atoms with E-state index in [4.69, 9.17) is 4.74 Å². The first-order valence-electron chi connectivity index (χ1n) is 7.26. The average molecular weight is 273 g/mol. The van der Waals surface area contributed by atoms with Crippen molar-refractivity contribution in [2.45, 2.75) is 44.8 Å². The van der Waals surface area contributed by atoms with Crippen LogP contribution in [-0.4, -0.2) is 35.0 Å². The van der Waals surface area contributed by atoms with Gasteiger partial charge in [0.1, 0.15) is 0 Å². The van der Waals surface area contributed by atoms with Crippen molar-refractivity contribution in [3.8, 4) is 0 Å². The maximum Gasteiger partial charge on any atom is 0.261 e. The van der Waals surface area contributed by atoms with E-state index < -0.39 is 0 Å². The Kier molecular flexibility index (Phi) is 3.13. The number of rotatable bonds is 5. The molecule has 0 aliphatic carbocycles. The molecule has 1 aromatic carbocycles. The van der Waals surface area contributed by atoms with Gasteiger partial charge in [-0.25, -0.2) is 0 Å². The quantitative estimate of drug-likeness (QED) is 0.612. The summed E-state index contributed by atoms with van der Waals surface area (Å²) in [5.41, 5.74) is 1.02. The Labute approximate surface area is 118 Å². The number of imide groups is 1. The number of hydrogen-bond donors (Lipinski definition) is 0. The predicted molar refractivity (Wildman–Crippen MR) is 74.6 cm³/mol. The van der Waals surface area contributed by atoms with Crippen LogP contribution in [0.5, 0.6) is 0 Å². The fraction of sp³-hybridized carbons (Fsp3) is 0.500. The van der Waals surface area contributed by atoms with Crippen LogP contribution in [0.4, 0.5) is 0 Å². The first kappa shape index (κ1) is 13.3. The Hall–Kier alpha value is -1.68. The summed E-state index contributed by atoms with van der Waals surface area (Å²) < 4.78 is 5.76. The first-order valence-corrected chi connectivity index (χ1v) is 7.26. The fourth-order valence-electron chi connectivity index (χ4n) is 3.13. The van der Waals surface area contributed by atoms with E-state index in [-0.39, 0.29) is 23.5 Å². The van der Waals surface area contributed by atoms with Gasteiger partial charge in [0, 0.05) is 6.54 Å². The molecule has 1 unspecified atom stereocenters. The third kappa shape index (κ3) is 1.86. The molecule has 2 amide bonds. The van der Waals surface area contributed by atoms with Crippen LogP contribution in [0, 0.1) is 0 Å². The van der Waals surface area contributed by atoms with Crippen LogP contribution in [0.3, 0.4) is 0 Å². The zero-order valence-electron chi connectivity index (χ0n) is 11.9. The van der Waals surface area contributed by atoms with Gasteiger partial charge in [0.25, 0.3) is 11.8 Å². The highest BCUT2D eigenvalue weighted by molar-refractivity contribution is 6.21. The molecule has 106 valence electrons. The summed E-state index contributed by atoms with van der Waals surface area (Å²) in [4.78, 5) is 25.8. The summed E-state index contributed by atoms with van der Waals surface area (Å²) in [5, 5.41) is 0. The first-order chi connectivity index (χ1) is 9.63. The molecule has 0 radical (unpaired) electrons. The molecule has 0 spiro atoms. The second-order valence-electron chi connectivity index (χ2n) is 5.47. The normalized spacial score (nSPS) is 23.1. The van der Waals surface area contributed by atoms with Crippen LogP contribution >= 0.6 is 0 Å². The van der Waals surface area contributed by atoms with Crippen molar-refractivity contribution in [2.24, 2.45) is 0 Å². The summed E-state index contributed by atoms with van der Waals surface area (Å²) in [5.74, 6) is -0.352. The van der Waals surface area contributed by atoms with E-state index in [1.807, 2.05) is 0 Å². The van der Waals surface area contributed by atoms with Crippen LogP contribution in [0.15, 0.2) is 24.3 Å². The lowest BCUT2D eigenvalue weighted by atomic mass is 9.97. The molecule has 1 fully saturated rings. The van der Waals surface area contributed by atoms with Gasteiger partial charge in [0.15, 0.2) is 0 Å². The van der Waals surface area contributed by atoms with Crippen molar-refractivity contribution in [1.82, 2.24) is 4.90 Å². The van der Waals surface area contributed by atoms with E-state index in [0.717, 1.165) is 19.3 Å². The molecule has 1 saturated heterocycles. The van der Waals surface area contributed by atoms with E-state index in [0.29, 0.717) is 17.7 Å². The largest absolute Gasteiger partial charge is 0.366 e. The molecule has 1 atom stereocenters. The Morgan fingerprint density at radius 1 is 1.10 bits per heavy atom. The standard InChI is InChI=1S/C16H19NO3/c1-3-16(4-2)13(20-16)9-10-17-14(18)11-7-5-6-8-12(11)15(17)19/h5-8,13H,3-4,9-10H2,1-2H3. The van der Waals surface area contributed by atoms with Crippen LogP contribution in [0.25, 0.3) is 0 Å². The van der Waals surface area contributed by atoms with Gasteiger partial charge < -0.3 is 4.74 Å². The third-order valence-corrected chi connectivity index (χ3v) is 4.60. The van der Waals surface area contributed by atoms with Gasteiger partial charge in [0.05, 0.1) is 22.8 Å². The van der Waals surface area contributed by atoms with Gasteiger partial charge in [-0.2, -0.15) is 0 Å². The molecule has 0 N–H and O–H groups in total. The highest BCUT2D eigenvalue weighted by Gasteiger charge is 2.53. The molecule has 2 aliphatic heterocycles. The summed E-state index contributed by atoms with van der Waals surface area (Å²) in [7, 11) is 0. The van der Waals surface area contributed by atoms with Gasteiger partial charge in [0.2, 0.25) is 0 Å². The van der Waals surface area contributed by atoms with Gasteiger partial charge in [-0.1, -0.05) is 26.0 Å². The van der Waals surface area contributed by atoms with Gasteiger partial charge >= 0.3 is 0 Å². The maximum absolute atomic E-state index is 12.2. The summed E-state index contributed by atoms with van der Waals surface area (Å²) in [6, 6.07) is 7.00. The predicted octanol–water partition coefficient (Wildman–Crippen LogP) is 2.63. The zero-order valence-corrected chi connectivity index (χ0v) is 11.9. The monoisotopic (exact) mass is 273 g/mol. The molecule has 20 heavy (non-hydrogen) atoms. The number of carbonyl (C=O) groups excluding carboxylic acids is 2. The Balaban J connectivity index is 1.66. The number of carbonyl (C=O) groups is 2. The maximum atomic E-state index is 12.2. The fourth-order valence-corrected chi connectivity index (χ4v) is 3.13. The molecular formula is C16H19NO3. The van der Waals surface area contributed by atoms with Crippen molar-refractivity contribution in [2.75, 3.05) is 6.54 Å². The number of hydrogen-bond acceptors (Lipinski definition) is 3. The molecule has 1 aromatic rings. The SMILES string of the molecule is CCC1(CC)OC1CCN1C(=O)c2ccccc2C1=O. The summed E-state index contributed by atoms with van der Waals surface area (Å²) in [6.07, 6.45) is 2.88. The van der Waals surface area contributed by atoms with E-state index in [1.165, 1.54) is 4.90 Å². The molecule has 0 aromatic heterocycles. The Bertz CT molecular complexity index is 528. The van der Waals surface area contributed by atoms with E-state index >= 15 is 0 Å². The van der Waals surface area contributed by atoms with Crippen molar-refractivity contribution >= 4 is 11.8 Å². The number of fused-ring (bicyclic) bond motifs is 1.